The fraction of sp³-hybridized carbons (Fsp3) is 0.588. The van der Waals surface area contributed by atoms with Crippen LogP contribution in [-0.4, -0.2) is 19.5 Å². The molecule has 1 aliphatic heterocycles. The summed E-state index contributed by atoms with van der Waals surface area (Å²) in [6.07, 6.45) is 7.20. The van der Waals surface area contributed by atoms with Crippen molar-refractivity contribution in [3.8, 4) is 0 Å². The van der Waals surface area contributed by atoms with Crippen LogP contribution in [-0.2, 0) is 11.2 Å². The zero-order valence-electron chi connectivity index (χ0n) is 12.3. The van der Waals surface area contributed by atoms with E-state index in [1.807, 2.05) is 7.05 Å². The highest BCUT2D eigenvalue weighted by Crippen LogP contribution is 2.38. The second-order valence-electron chi connectivity index (χ2n) is 6.26. The summed E-state index contributed by atoms with van der Waals surface area (Å²) in [6.45, 7) is 0.716. The zero-order chi connectivity index (χ0) is 14.1. The highest BCUT2D eigenvalue weighted by molar-refractivity contribution is 6.00. The van der Waals surface area contributed by atoms with E-state index >= 15 is 0 Å². The van der Waals surface area contributed by atoms with E-state index in [1.54, 1.807) is 4.90 Å². The Balaban J connectivity index is 1.86. The quantitative estimate of drug-likeness (QED) is 0.919. The Labute approximate surface area is 121 Å². The second kappa shape index (κ2) is 5.57. The molecule has 1 saturated carbocycles. The van der Waals surface area contributed by atoms with Crippen LogP contribution in [0.15, 0.2) is 18.2 Å². The van der Waals surface area contributed by atoms with Crippen molar-refractivity contribution in [3.63, 3.8) is 0 Å². The van der Waals surface area contributed by atoms with Gasteiger partial charge in [0.2, 0.25) is 5.91 Å². The van der Waals surface area contributed by atoms with Crippen LogP contribution in [0.25, 0.3) is 0 Å². The Morgan fingerprint density at radius 2 is 2.05 bits per heavy atom. The fourth-order valence-corrected chi connectivity index (χ4v) is 3.86. The molecule has 0 spiro atoms. The van der Waals surface area contributed by atoms with E-state index in [0.717, 1.165) is 11.6 Å². The third-order valence-electron chi connectivity index (χ3n) is 5.08. The van der Waals surface area contributed by atoms with Crippen LogP contribution < -0.4 is 10.6 Å². The number of nitrogens with two attached hydrogens (primary N) is 1. The van der Waals surface area contributed by atoms with E-state index in [1.165, 1.54) is 43.2 Å². The maximum atomic E-state index is 11.8. The summed E-state index contributed by atoms with van der Waals surface area (Å²) in [7, 11) is 1.86. The van der Waals surface area contributed by atoms with Gasteiger partial charge in [0, 0.05) is 12.7 Å². The molecule has 2 aliphatic rings. The van der Waals surface area contributed by atoms with Gasteiger partial charge in [0.15, 0.2) is 0 Å². The first kappa shape index (κ1) is 13.6. The molecule has 3 rings (SSSR count). The van der Waals surface area contributed by atoms with E-state index in [9.17, 15) is 4.79 Å². The molecule has 1 unspecified atom stereocenters. The minimum Gasteiger partial charge on any atom is -0.330 e. The van der Waals surface area contributed by atoms with Crippen LogP contribution in [0.1, 0.15) is 49.1 Å². The summed E-state index contributed by atoms with van der Waals surface area (Å²) in [5.74, 6) is 1.38. The van der Waals surface area contributed by atoms with E-state index in [-0.39, 0.29) is 5.91 Å². The Morgan fingerprint density at radius 1 is 1.30 bits per heavy atom. The average Bonchev–Trinajstić information content (AvgIpc) is 2.76. The Kier molecular flexibility index (Phi) is 3.79. The molecule has 2 N–H and O–H groups in total. The molecule has 108 valence electrons. The molecule has 1 atom stereocenters. The lowest BCUT2D eigenvalue weighted by atomic mass is 9.76. The first-order chi connectivity index (χ1) is 9.70. The molecule has 0 aromatic heterocycles. The molecule has 1 aromatic carbocycles. The van der Waals surface area contributed by atoms with Crippen LogP contribution in [0.4, 0.5) is 5.69 Å². The van der Waals surface area contributed by atoms with Crippen molar-refractivity contribution in [3.05, 3.63) is 29.3 Å². The van der Waals surface area contributed by atoms with Gasteiger partial charge in [0.05, 0.1) is 6.42 Å². The van der Waals surface area contributed by atoms with Gasteiger partial charge < -0.3 is 10.6 Å². The fourth-order valence-electron chi connectivity index (χ4n) is 3.86. The number of nitrogens with zero attached hydrogens (tertiary/aromatic N) is 1. The molecular weight excluding hydrogens is 248 g/mol. The number of amides is 1. The number of fused-ring (bicyclic) bond motifs is 1. The van der Waals surface area contributed by atoms with E-state index in [4.69, 9.17) is 5.73 Å². The number of hydrogen-bond donors (Lipinski definition) is 1. The first-order valence-corrected chi connectivity index (χ1v) is 7.80. The van der Waals surface area contributed by atoms with Gasteiger partial charge in [-0.15, -0.1) is 0 Å². The Hall–Kier alpha value is -1.35. The van der Waals surface area contributed by atoms with Crippen LogP contribution in [0.5, 0.6) is 0 Å². The zero-order valence-corrected chi connectivity index (χ0v) is 12.3. The van der Waals surface area contributed by atoms with Crippen molar-refractivity contribution in [2.45, 2.75) is 44.4 Å². The molecule has 3 nitrogen and oxygen atoms in total. The molecule has 1 amide bonds. The smallest absolute Gasteiger partial charge is 0.231 e. The molecule has 1 aromatic rings. The Bertz CT molecular complexity index is 506. The van der Waals surface area contributed by atoms with Crippen LogP contribution in [0.3, 0.4) is 0 Å². The van der Waals surface area contributed by atoms with E-state index in [2.05, 4.69) is 18.2 Å². The number of rotatable bonds is 3. The topological polar surface area (TPSA) is 46.3 Å². The van der Waals surface area contributed by atoms with Crippen LogP contribution >= 0.6 is 0 Å². The third-order valence-corrected chi connectivity index (χ3v) is 5.08. The maximum Gasteiger partial charge on any atom is 0.231 e. The summed E-state index contributed by atoms with van der Waals surface area (Å²) >= 11 is 0. The molecular formula is C17H24N2O. The first-order valence-electron chi connectivity index (χ1n) is 7.80. The standard InChI is InChI=1S/C17H24N2O/c1-19-16-8-7-13(9-14(16)10-17(19)20)15(11-18)12-5-3-2-4-6-12/h7-9,12,15H,2-6,10-11,18H2,1H3. The monoisotopic (exact) mass is 272 g/mol. The van der Waals surface area contributed by atoms with E-state index < -0.39 is 0 Å². The molecule has 1 fully saturated rings. The van der Waals surface area contributed by atoms with Gasteiger partial charge in [-0.2, -0.15) is 0 Å². The molecule has 1 heterocycles. The molecule has 3 heteroatoms. The largest absolute Gasteiger partial charge is 0.330 e. The van der Waals surface area contributed by atoms with Crippen molar-refractivity contribution >= 4 is 11.6 Å². The number of hydrogen-bond acceptors (Lipinski definition) is 2. The average molecular weight is 272 g/mol. The van der Waals surface area contributed by atoms with Gasteiger partial charge >= 0.3 is 0 Å². The molecule has 0 saturated heterocycles. The molecule has 0 radical (unpaired) electrons. The second-order valence-corrected chi connectivity index (χ2v) is 6.26. The lowest BCUT2D eigenvalue weighted by Crippen LogP contribution is -2.23. The summed E-state index contributed by atoms with van der Waals surface area (Å²) in [5, 5.41) is 0. The summed E-state index contributed by atoms with van der Waals surface area (Å²) < 4.78 is 0. The van der Waals surface area contributed by atoms with Crippen molar-refractivity contribution in [1.29, 1.82) is 0 Å². The lowest BCUT2D eigenvalue weighted by Gasteiger charge is -2.30. The number of carbonyl (C=O) groups is 1. The van der Waals surface area contributed by atoms with Gasteiger partial charge in [0.1, 0.15) is 0 Å². The van der Waals surface area contributed by atoms with Gasteiger partial charge in [0.25, 0.3) is 0 Å². The minimum absolute atomic E-state index is 0.194. The number of anilines is 1. The molecule has 0 bridgehead atoms. The normalized spacial score (nSPS) is 21.1. The van der Waals surface area contributed by atoms with Crippen molar-refractivity contribution in [2.75, 3.05) is 18.5 Å². The van der Waals surface area contributed by atoms with Gasteiger partial charge in [-0.3, -0.25) is 4.79 Å². The van der Waals surface area contributed by atoms with Crippen molar-refractivity contribution in [2.24, 2.45) is 11.7 Å². The summed E-state index contributed by atoms with van der Waals surface area (Å²) in [5.41, 5.74) is 9.63. The highest BCUT2D eigenvalue weighted by atomic mass is 16.2. The maximum absolute atomic E-state index is 11.8. The van der Waals surface area contributed by atoms with E-state index in [0.29, 0.717) is 18.9 Å². The number of carbonyl (C=O) groups excluding carboxylic acids is 1. The summed E-state index contributed by atoms with van der Waals surface area (Å²) in [6, 6.07) is 6.50. The SMILES string of the molecule is CN1C(=O)Cc2cc(C(CN)C3CCCCC3)ccc21. The lowest BCUT2D eigenvalue weighted by molar-refractivity contribution is -0.117. The minimum atomic E-state index is 0.194. The predicted molar refractivity (Wildman–Crippen MR) is 81.9 cm³/mol. The van der Waals surface area contributed by atoms with Crippen LogP contribution in [0.2, 0.25) is 0 Å². The third kappa shape index (κ3) is 2.35. The van der Waals surface area contributed by atoms with Crippen molar-refractivity contribution < 1.29 is 4.79 Å². The molecule has 1 aliphatic carbocycles. The van der Waals surface area contributed by atoms with Gasteiger partial charge in [-0.05, 0) is 48.4 Å². The highest BCUT2D eigenvalue weighted by Gasteiger charge is 2.28. The Morgan fingerprint density at radius 3 is 2.75 bits per heavy atom. The van der Waals surface area contributed by atoms with Crippen molar-refractivity contribution in [1.82, 2.24) is 0 Å². The number of likely N-dealkylation sites (N-methyl/N-ethyl adjacent to an activating group) is 1. The van der Waals surface area contributed by atoms with Gasteiger partial charge in [-0.25, -0.2) is 0 Å². The molecule has 20 heavy (non-hydrogen) atoms. The number of benzene rings is 1. The van der Waals surface area contributed by atoms with Crippen LogP contribution in [0, 0.1) is 5.92 Å². The predicted octanol–water partition coefficient (Wildman–Crippen LogP) is 2.83. The summed E-state index contributed by atoms with van der Waals surface area (Å²) in [4.78, 5) is 13.5. The van der Waals surface area contributed by atoms with Gasteiger partial charge in [-0.1, -0.05) is 31.4 Å².